The maximum absolute atomic E-state index is 11.2. The Hall–Kier alpha value is -1.36. The van der Waals surface area contributed by atoms with Crippen LogP contribution in [-0.2, 0) is 9.53 Å². The first-order chi connectivity index (χ1) is 7.04. The molecule has 1 aromatic rings. The van der Waals surface area contributed by atoms with Gasteiger partial charge < -0.3 is 10.1 Å². The van der Waals surface area contributed by atoms with Gasteiger partial charge in [-0.15, -0.1) is 0 Å². The number of aryl methyl sites for hydroxylation is 1. The van der Waals surface area contributed by atoms with Crippen molar-refractivity contribution in [1.29, 1.82) is 0 Å². The highest BCUT2D eigenvalue weighted by Gasteiger charge is 2.14. The van der Waals surface area contributed by atoms with Crippen LogP contribution < -0.4 is 5.32 Å². The highest BCUT2D eigenvalue weighted by molar-refractivity contribution is 6.28. The molecule has 0 aliphatic carbocycles. The number of ether oxygens (including phenoxy) is 1. The van der Waals surface area contributed by atoms with Crippen LogP contribution >= 0.6 is 11.6 Å². The number of carbonyl (C=O) groups is 1. The Bertz CT molecular complexity index is 370. The van der Waals surface area contributed by atoms with Gasteiger partial charge in [-0.1, -0.05) is 0 Å². The second-order valence-corrected chi connectivity index (χ2v) is 3.40. The number of halogens is 1. The van der Waals surface area contributed by atoms with E-state index in [0.717, 1.165) is 5.56 Å². The first kappa shape index (κ1) is 11.7. The van der Waals surface area contributed by atoms with Crippen LogP contribution in [-0.4, -0.2) is 29.1 Å². The molecular formula is C9H12ClN3O2. The van der Waals surface area contributed by atoms with E-state index in [4.69, 9.17) is 11.6 Å². The Morgan fingerprint density at radius 2 is 2.33 bits per heavy atom. The molecule has 0 aliphatic heterocycles. The molecule has 0 radical (unpaired) electrons. The van der Waals surface area contributed by atoms with Gasteiger partial charge in [0.15, 0.2) is 0 Å². The van der Waals surface area contributed by atoms with Gasteiger partial charge in [0.05, 0.1) is 7.11 Å². The number of nitrogens with zero attached hydrogens (tertiary/aromatic N) is 2. The van der Waals surface area contributed by atoms with Gasteiger partial charge in [0, 0.05) is 11.8 Å². The van der Waals surface area contributed by atoms with Gasteiger partial charge in [0.2, 0.25) is 5.28 Å². The molecule has 0 fully saturated rings. The summed E-state index contributed by atoms with van der Waals surface area (Å²) in [5.74, 6) is 0.178. The number of aromatic nitrogens is 2. The molecule has 1 unspecified atom stereocenters. The van der Waals surface area contributed by atoms with Gasteiger partial charge in [-0.25, -0.2) is 14.8 Å². The van der Waals surface area contributed by atoms with E-state index in [1.807, 2.05) is 6.92 Å². The Labute approximate surface area is 92.8 Å². The van der Waals surface area contributed by atoms with Crippen molar-refractivity contribution < 1.29 is 9.53 Å². The predicted octanol–water partition coefficient (Wildman–Crippen LogP) is 1.41. The monoisotopic (exact) mass is 229 g/mol. The molecule has 1 rings (SSSR count). The van der Waals surface area contributed by atoms with Crippen molar-refractivity contribution in [2.24, 2.45) is 0 Å². The standard InChI is InChI=1S/C9H12ClN3O2/c1-5-4-11-9(10)13-7(5)12-6(2)8(14)15-3/h4,6H,1-3H3,(H,11,12,13). The van der Waals surface area contributed by atoms with E-state index in [9.17, 15) is 4.79 Å². The zero-order valence-corrected chi connectivity index (χ0v) is 9.50. The summed E-state index contributed by atoms with van der Waals surface area (Å²) >= 11 is 5.64. The van der Waals surface area contributed by atoms with E-state index in [1.165, 1.54) is 7.11 Å². The lowest BCUT2D eigenvalue weighted by Gasteiger charge is -2.13. The molecule has 0 saturated heterocycles. The number of carbonyl (C=O) groups excluding carboxylic acids is 1. The van der Waals surface area contributed by atoms with Gasteiger partial charge in [-0.2, -0.15) is 0 Å². The van der Waals surface area contributed by atoms with Gasteiger partial charge in [0.25, 0.3) is 0 Å². The number of hydrogen-bond donors (Lipinski definition) is 1. The molecule has 82 valence electrons. The Morgan fingerprint density at radius 1 is 1.67 bits per heavy atom. The molecule has 0 bridgehead atoms. The van der Waals surface area contributed by atoms with E-state index in [-0.39, 0.29) is 11.3 Å². The third-order valence-electron chi connectivity index (χ3n) is 1.85. The molecule has 5 nitrogen and oxygen atoms in total. The van der Waals surface area contributed by atoms with Crippen molar-refractivity contribution in [3.05, 3.63) is 17.0 Å². The summed E-state index contributed by atoms with van der Waals surface area (Å²) in [5, 5.41) is 3.03. The van der Waals surface area contributed by atoms with Crippen molar-refractivity contribution in [3.63, 3.8) is 0 Å². The average Bonchev–Trinajstić information content (AvgIpc) is 2.22. The third-order valence-corrected chi connectivity index (χ3v) is 2.03. The second kappa shape index (κ2) is 4.93. The molecule has 15 heavy (non-hydrogen) atoms. The average molecular weight is 230 g/mol. The molecular weight excluding hydrogens is 218 g/mol. The highest BCUT2D eigenvalue weighted by Crippen LogP contribution is 2.13. The lowest BCUT2D eigenvalue weighted by atomic mass is 10.3. The van der Waals surface area contributed by atoms with Crippen LogP contribution in [0.15, 0.2) is 6.20 Å². The normalized spacial score (nSPS) is 12.0. The summed E-state index contributed by atoms with van der Waals surface area (Å²) in [6.45, 7) is 3.50. The summed E-state index contributed by atoms with van der Waals surface area (Å²) < 4.78 is 4.58. The fourth-order valence-electron chi connectivity index (χ4n) is 1.01. The zero-order valence-electron chi connectivity index (χ0n) is 8.74. The maximum Gasteiger partial charge on any atom is 0.328 e. The Balaban J connectivity index is 2.80. The van der Waals surface area contributed by atoms with Crippen molar-refractivity contribution >= 4 is 23.4 Å². The lowest BCUT2D eigenvalue weighted by Crippen LogP contribution is -2.28. The largest absolute Gasteiger partial charge is 0.467 e. The van der Waals surface area contributed by atoms with Crippen LogP contribution in [0, 0.1) is 6.92 Å². The molecule has 0 aliphatic rings. The second-order valence-electron chi connectivity index (χ2n) is 3.06. The summed E-state index contributed by atoms with van der Waals surface area (Å²) in [6, 6.07) is -0.473. The van der Waals surface area contributed by atoms with Crippen molar-refractivity contribution in [1.82, 2.24) is 9.97 Å². The fourth-order valence-corrected chi connectivity index (χ4v) is 1.14. The fraction of sp³-hybridized carbons (Fsp3) is 0.444. The van der Waals surface area contributed by atoms with Crippen LogP contribution in [0.1, 0.15) is 12.5 Å². The smallest absolute Gasteiger partial charge is 0.328 e. The molecule has 0 amide bonds. The van der Waals surface area contributed by atoms with Gasteiger partial charge in [0.1, 0.15) is 11.9 Å². The molecule has 0 saturated carbocycles. The lowest BCUT2D eigenvalue weighted by molar-refractivity contribution is -0.141. The van der Waals surface area contributed by atoms with Gasteiger partial charge in [-0.05, 0) is 25.4 Å². The van der Waals surface area contributed by atoms with Crippen LogP contribution in [0.2, 0.25) is 5.28 Å². The quantitative estimate of drug-likeness (QED) is 0.627. The zero-order chi connectivity index (χ0) is 11.4. The molecule has 0 aromatic carbocycles. The molecule has 1 heterocycles. The minimum absolute atomic E-state index is 0.139. The Morgan fingerprint density at radius 3 is 2.93 bits per heavy atom. The van der Waals surface area contributed by atoms with Gasteiger partial charge in [-0.3, -0.25) is 0 Å². The summed E-state index contributed by atoms with van der Waals surface area (Å²) in [4.78, 5) is 18.9. The number of anilines is 1. The highest BCUT2D eigenvalue weighted by atomic mass is 35.5. The van der Waals surface area contributed by atoms with E-state index < -0.39 is 6.04 Å². The molecule has 6 heteroatoms. The molecule has 1 atom stereocenters. The molecule has 1 N–H and O–H groups in total. The Kier molecular flexibility index (Phi) is 3.85. The summed E-state index contributed by atoms with van der Waals surface area (Å²) in [7, 11) is 1.33. The minimum Gasteiger partial charge on any atom is -0.467 e. The third kappa shape index (κ3) is 3.06. The van der Waals surface area contributed by atoms with E-state index >= 15 is 0 Å². The van der Waals surface area contributed by atoms with Crippen LogP contribution in [0.25, 0.3) is 0 Å². The van der Waals surface area contributed by atoms with Crippen LogP contribution in [0.5, 0.6) is 0 Å². The van der Waals surface area contributed by atoms with Gasteiger partial charge >= 0.3 is 5.97 Å². The minimum atomic E-state index is -0.473. The summed E-state index contributed by atoms with van der Waals surface area (Å²) in [6.07, 6.45) is 1.58. The first-order valence-corrected chi connectivity index (χ1v) is 4.76. The SMILES string of the molecule is COC(=O)C(C)Nc1nc(Cl)ncc1C. The molecule has 0 spiro atoms. The van der Waals surface area contributed by atoms with E-state index in [2.05, 4.69) is 20.0 Å². The van der Waals surface area contributed by atoms with Crippen LogP contribution in [0.3, 0.4) is 0 Å². The van der Waals surface area contributed by atoms with Crippen molar-refractivity contribution in [2.75, 3.05) is 12.4 Å². The molecule has 1 aromatic heterocycles. The van der Waals surface area contributed by atoms with E-state index in [0.29, 0.717) is 5.82 Å². The number of esters is 1. The van der Waals surface area contributed by atoms with Crippen LogP contribution in [0.4, 0.5) is 5.82 Å². The summed E-state index contributed by atoms with van der Waals surface area (Å²) in [5.41, 5.74) is 0.815. The topological polar surface area (TPSA) is 64.1 Å². The number of rotatable bonds is 3. The van der Waals surface area contributed by atoms with Crippen molar-refractivity contribution in [3.8, 4) is 0 Å². The van der Waals surface area contributed by atoms with Crippen molar-refractivity contribution in [2.45, 2.75) is 19.9 Å². The maximum atomic E-state index is 11.2. The van der Waals surface area contributed by atoms with E-state index in [1.54, 1.807) is 13.1 Å². The number of methoxy groups -OCH3 is 1. The predicted molar refractivity (Wildman–Crippen MR) is 56.9 cm³/mol. The number of hydrogen-bond acceptors (Lipinski definition) is 5. The number of nitrogens with one attached hydrogen (secondary N) is 1. The first-order valence-electron chi connectivity index (χ1n) is 4.38.